The van der Waals surface area contributed by atoms with Crippen molar-refractivity contribution in [1.29, 1.82) is 0 Å². The van der Waals surface area contributed by atoms with Gasteiger partial charge in [-0.1, -0.05) is 35.0 Å². The zero-order chi connectivity index (χ0) is 21.8. The number of para-hydroxylation sites is 1. The van der Waals surface area contributed by atoms with E-state index < -0.39 is 0 Å². The summed E-state index contributed by atoms with van der Waals surface area (Å²) in [5.41, 5.74) is 1.78. The lowest BCUT2D eigenvalue weighted by molar-refractivity contribution is -0.123. The molecule has 1 saturated heterocycles. The molecule has 1 atom stereocenters. The van der Waals surface area contributed by atoms with Gasteiger partial charge in [-0.2, -0.15) is 4.98 Å². The predicted molar refractivity (Wildman–Crippen MR) is 121 cm³/mol. The molecule has 0 saturated carbocycles. The summed E-state index contributed by atoms with van der Waals surface area (Å²) >= 11 is 5.94. The van der Waals surface area contributed by atoms with Crippen LogP contribution in [0.5, 0.6) is 0 Å². The molecule has 2 aromatic carbocycles. The first-order valence-electron chi connectivity index (χ1n) is 10.4. The van der Waals surface area contributed by atoms with E-state index in [0.717, 1.165) is 37.4 Å². The molecular formula is C23H26ClN5O2. The Balaban J connectivity index is 1.30. The van der Waals surface area contributed by atoms with Crippen LogP contribution >= 0.6 is 11.6 Å². The number of halogens is 1. The number of amides is 1. The number of carbonyl (C=O) groups excluding carboxylic acids is 1. The quantitative estimate of drug-likeness (QED) is 0.585. The van der Waals surface area contributed by atoms with Gasteiger partial charge < -0.3 is 9.42 Å². The largest absolute Gasteiger partial charge is 0.338 e. The maximum Gasteiger partial charge on any atom is 0.243 e. The minimum Gasteiger partial charge on any atom is -0.338 e. The molecule has 0 aliphatic carbocycles. The van der Waals surface area contributed by atoms with Crippen molar-refractivity contribution in [2.24, 2.45) is 0 Å². The monoisotopic (exact) mass is 439 g/mol. The van der Waals surface area contributed by atoms with Gasteiger partial charge in [0.15, 0.2) is 0 Å². The fourth-order valence-electron chi connectivity index (χ4n) is 3.75. The Morgan fingerprint density at radius 3 is 2.45 bits per heavy atom. The highest BCUT2D eigenvalue weighted by molar-refractivity contribution is 6.30. The molecule has 4 rings (SSSR count). The molecule has 1 aliphatic rings. The van der Waals surface area contributed by atoms with Gasteiger partial charge in [-0.25, -0.2) is 0 Å². The number of hydrogen-bond donors (Lipinski definition) is 0. The molecule has 0 spiro atoms. The summed E-state index contributed by atoms with van der Waals surface area (Å²) in [6.07, 6.45) is 0. The fourth-order valence-corrected chi connectivity index (χ4v) is 3.88. The standard InChI is InChI=1S/C23H26ClN5O2/c1-17(23(30)27(2)20-6-4-3-5-7-20)29-14-12-28(13-15-29)16-21-25-22(26-31-21)18-8-10-19(24)11-9-18/h3-11,17H,12-16H2,1-2H3. The minimum atomic E-state index is -0.174. The van der Waals surface area contributed by atoms with Gasteiger partial charge in [0.1, 0.15) is 0 Å². The van der Waals surface area contributed by atoms with Gasteiger partial charge >= 0.3 is 0 Å². The van der Waals surface area contributed by atoms with Crippen LogP contribution in [0.15, 0.2) is 59.1 Å². The van der Waals surface area contributed by atoms with Gasteiger partial charge in [0.2, 0.25) is 17.6 Å². The first-order chi connectivity index (χ1) is 15.0. The van der Waals surface area contributed by atoms with Crippen molar-refractivity contribution in [3.63, 3.8) is 0 Å². The Hall–Kier alpha value is -2.74. The third-order valence-electron chi connectivity index (χ3n) is 5.72. The van der Waals surface area contributed by atoms with E-state index in [1.807, 2.05) is 68.6 Å². The molecular weight excluding hydrogens is 414 g/mol. The number of nitrogens with zero attached hydrogens (tertiary/aromatic N) is 5. The van der Waals surface area contributed by atoms with E-state index in [1.165, 1.54) is 0 Å². The Kier molecular flexibility index (Phi) is 6.65. The van der Waals surface area contributed by atoms with E-state index in [4.69, 9.17) is 16.1 Å². The Bertz CT molecular complexity index is 1000. The third-order valence-corrected chi connectivity index (χ3v) is 5.97. The molecule has 0 N–H and O–H groups in total. The van der Waals surface area contributed by atoms with E-state index in [-0.39, 0.29) is 11.9 Å². The molecule has 7 nitrogen and oxygen atoms in total. The normalized spacial score (nSPS) is 16.2. The Morgan fingerprint density at radius 2 is 1.77 bits per heavy atom. The van der Waals surface area contributed by atoms with Gasteiger partial charge in [-0.05, 0) is 43.3 Å². The number of rotatable bonds is 6. The van der Waals surface area contributed by atoms with Crippen LogP contribution in [0.4, 0.5) is 5.69 Å². The van der Waals surface area contributed by atoms with Crippen LogP contribution < -0.4 is 4.90 Å². The highest BCUT2D eigenvalue weighted by atomic mass is 35.5. The zero-order valence-electron chi connectivity index (χ0n) is 17.7. The molecule has 1 unspecified atom stereocenters. The van der Waals surface area contributed by atoms with Crippen LogP contribution in [0.25, 0.3) is 11.4 Å². The summed E-state index contributed by atoms with van der Waals surface area (Å²) in [5, 5.41) is 4.75. The first kappa shape index (κ1) is 21.5. The van der Waals surface area contributed by atoms with Crippen LogP contribution in [0.1, 0.15) is 12.8 Å². The van der Waals surface area contributed by atoms with E-state index in [2.05, 4.69) is 19.9 Å². The summed E-state index contributed by atoms with van der Waals surface area (Å²) in [5.74, 6) is 1.25. The molecule has 1 fully saturated rings. The van der Waals surface area contributed by atoms with E-state index in [0.29, 0.717) is 23.3 Å². The zero-order valence-corrected chi connectivity index (χ0v) is 18.5. The van der Waals surface area contributed by atoms with Gasteiger partial charge in [-0.15, -0.1) is 0 Å². The molecule has 8 heteroatoms. The number of benzene rings is 2. The van der Waals surface area contributed by atoms with Crippen LogP contribution in [0, 0.1) is 0 Å². The number of likely N-dealkylation sites (N-methyl/N-ethyl adjacent to an activating group) is 1. The molecule has 1 amide bonds. The summed E-state index contributed by atoms with van der Waals surface area (Å²) in [4.78, 5) is 23.6. The van der Waals surface area contributed by atoms with Crippen molar-refractivity contribution in [3.8, 4) is 11.4 Å². The maximum absolute atomic E-state index is 12.9. The van der Waals surface area contributed by atoms with E-state index in [1.54, 1.807) is 4.90 Å². The number of anilines is 1. The lowest BCUT2D eigenvalue weighted by Crippen LogP contribution is -2.53. The van der Waals surface area contributed by atoms with Crippen molar-refractivity contribution in [2.75, 3.05) is 38.1 Å². The van der Waals surface area contributed by atoms with Gasteiger partial charge in [0, 0.05) is 49.5 Å². The van der Waals surface area contributed by atoms with Gasteiger partial charge in [0.25, 0.3) is 0 Å². The molecule has 2 heterocycles. The molecule has 1 aliphatic heterocycles. The smallest absolute Gasteiger partial charge is 0.243 e. The number of hydrogen-bond acceptors (Lipinski definition) is 6. The molecule has 162 valence electrons. The fraction of sp³-hybridized carbons (Fsp3) is 0.348. The molecule has 0 bridgehead atoms. The maximum atomic E-state index is 12.9. The Morgan fingerprint density at radius 1 is 1.10 bits per heavy atom. The van der Waals surface area contributed by atoms with Crippen LogP contribution in [0.3, 0.4) is 0 Å². The SMILES string of the molecule is CC(C(=O)N(C)c1ccccc1)N1CCN(Cc2nc(-c3ccc(Cl)cc3)no2)CC1. The summed E-state index contributed by atoms with van der Waals surface area (Å²) in [6.45, 7) is 5.88. The second kappa shape index (κ2) is 9.60. The summed E-state index contributed by atoms with van der Waals surface area (Å²) in [7, 11) is 1.83. The average molecular weight is 440 g/mol. The topological polar surface area (TPSA) is 65.7 Å². The molecule has 1 aromatic heterocycles. The van der Waals surface area contributed by atoms with Crippen molar-refractivity contribution >= 4 is 23.2 Å². The predicted octanol–water partition coefficient (Wildman–Crippen LogP) is 3.56. The van der Waals surface area contributed by atoms with E-state index >= 15 is 0 Å². The van der Waals surface area contributed by atoms with Gasteiger partial charge in [0.05, 0.1) is 12.6 Å². The van der Waals surface area contributed by atoms with Gasteiger partial charge in [-0.3, -0.25) is 14.6 Å². The average Bonchev–Trinajstić information content (AvgIpc) is 3.27. The van der Waals surface area contributed by atoms with Crippen LogP contribution in [0.2, 0.25) is 5.02 Å². The van der Waals surface area contributed by atoms with Crippen molar-refractivity contribution < 1.29 is 9.32 Å². The van der Waals surface area contributed by atoms with Crippen LogP contribution in [-0.4, -0.2) is 65.1 Å². The Labute approximate surface area is 187 Å². The lowest BCUT2D eigenvalue weighted by Gasteiger charge is -2.38. The van der Waals surface area contributed by atoms with Crippen molar-refractivity contribution in [1.82, 2.24) is 19.9 Å². The van der Waals surface area contributed by atoms with Crippen molar-refractivity contribution in [2.45, 2.75) is 19.5 Å². The molecule has 0 radical (unpaired) electrons. The number of aromatic nitrogens is 2. The number of piperazine rings is 1. The second-order valence-electron chi connectivity index (χ2n) is 7.74. The van der Waals surface area contributed by atoms with Crippen molar-refractivity contribution in [3.05, 3.63) is 65.5 Å². The lowest BCUT2D eigenvalue weighted by atomic mass is 10.2. The highest BCUT2D eigenvalue weighted by Crippen LogP contribution is 2.20. The summed E-state index contributed by atoms with van der Waals surface area (Å²) < 4.78 is 5.43. The minimum absolute atomic E-state index is 0.101. The third kappa shape index (κ3) is 5.12. The van der Waals surface area contributed by atoms with Crippen LogP contribution in [-0.2, 0) is 11.3 Å². The highest BCUT2D eigenvalue weighted by Gasteiger charge is 2.28. The second-order valence-corrected chi connectivity index (χ2v) is 8.18. The number of carbonyl (C=O) groups is 1. The summed E-state index contributed by atoms with van der Waals surface area (Å²) in [6, 6.07) is 16.9. The molecule has 3 aromatic rings. The van der Waals surface area contributed by atoms with E-state index in [9.17, 15) is 4.79 Å². The first-order valence-corrected chi connectivity index (χ1v) is 10.8. The molecule has 31 heavy (non-hydrogen) atoms.